The summed E-state index contributed by atoms with van der Waals surface area (Å²) in [4.78, 5) is 0. The highest BCUT2D eigenvalue weighted by molar-refractivity contribution is 5.50. The van der Waals surface area contributed by atoms with Crippen molar-refractivity contribution >= 4 is 0 Å². The van der Waals surface area contributed by atoms with Crippen LogP contribution in [-0.4, -0.2) is 26.4 Å². The minimum Gasteiger partial charge on any atom is -0.489 e. The monoisotopic (exact) mass is 646 g/mol. The van der Waals surface area contributed by atoms with E-state index in [0.717, 1.165) is 58.5 Å². The van der Waals surface area contributed by atoms with Crippen molar-refractivity contribution in [2.24, 2.45) is 47.3 Å². The molecule has 10 rings (SSSR count). The topological polar surface area (TPSA) is 36.9 Å². The van der Waals surface area contributed by atoms with Crippen LogP contribution in [0.1, 0.15) is 75.3 Å². The minimum atomic E-state index is 0.102. The van der Waals surface area contributed by atoms with Gasteiger partial charge in [0.05, 0.1) is 0 Å². The highest BCUT2D eigenvalue weighted by Gasteiger charge is 2.68. The molecule has 0 radical (unpaired) electrons. The van der Waals surface area contributed by atoms with Gasteiger partial charge in [-0.2, -0.15) is 0 Å². The van der Waals surface area contributed by atoms with Crippen molar-refractivity contribution in [3.63, 3.8) is 0 Å². The van der Waals surface area contributed by atoms with Gasteiger partial charge in [0.2, 0.25) is 0 Å². The molecular weight excluding hydrogens is 592 g/mol. The molecule has 8 aliphatic carbocycles. The molecule has 4 nitrogen and oxygen atoms in total. The summed E-state index contributed by atoms with van der Waals surface area (Å²) in [5.41, 5.74) is 3.06. The fourth-order valence-electron chi connectivity index (χ4n) is 13.1. The standard InChI is InChI=1S/C44H54O4/c1-5-13-45-35-9-11-37(39(23-35)47-15-7-3)43-25-29-17-30(26-43)20-33(19-29)41(43)42-34-21-31-18-32(22-34)28-44(42,27-31)38-12-10-36(46-14-6-2)24-40(38)48-16-8-4/h5-12,23-24,29-34,41-42H,1-4,13-22,25-28H2. The van der Waals surface area contributed by atoms with E-state index >= 15 is 0 Å². The van der Waals surface area contributed by atoms with E-state index in [2.05, 4.69) is 62.7 Å². The molecule has 2 aromatic rings. The van der Waals surface area contributed by atoms with Crippen LogP contribution in [0.4, 0.5) is 0 Å². The second-order valence-corrected chi connectivity index (χ2v) is 16.3. The summed E-state index contributed by atoms with van der Waals surface area (Å²) < 4.78 is 25.3. The van der Waals surface area contributed by atoms with Gasteiger partial charge < -0.3 is 18.9 Å². The molecule has 0 N–H and O–H groups in total. The Kier molecular flexibility index (Phi) is 8.50. The first-order valence-electron chi connectivity index (χ1n) is 18.7. The van der Waals surface area contributed by atoms with Crippen LogP contribution in [0.5, 0.6) is 23.0 Å². The zero-order chi connectivity index (χ0) is 32.9. The maximum Gasteiger partial charge on any atom is 0.127 e. The molecule has 0 aliphatic heterocycles. The first-order valence-corrected chi connectivity index (χ1v) is 18.7. The van der Waals surface area contributed by atoms with Crippen molar-refractivity contribution in [1.82, 2.24) is 0 Å². The van der Waals surface area contributed by atoms with Crippen LogP contribution in [0.15, 0.2) is 87.0 Å². The van der Waals surface area contributed by atoms with Crippen molar-refractivity contribution in [3.05, 3.63) is 98.1 Å². The van der Waals surface area contributed by atoms with E-state index in [-0.39, 0.29) is 10.8 Å². The zero-order valence-electron chi connectivity index (χ0n) is 28.8. The van der Waals surface area contributed by atoms with Crippen molar-refractivity contribution in [2.75, 3.05) is 26.4 Å². The fourth-order valence-corrected chi connectivity index (χ4v) is 13.1. The van der Waals surface area contributed by atoms with Gasteiger partial charge in [-0.15, -0.1) is 0 Å². The average molecular weight is 647 g/mol. The van der Waals surface area contributed by atoms with Gasteiger partial charge in [0, 0.05) is 34.1 Å². The number of hydrogen-bond donors (Lipinski definition) is 0. The summed E-state index contributed by atoms with van der Waals surface area (Å²) in [6.07, 6.45) is 20.9. The molecule has 8 fully saturated rings. The lowest BCUT2D eigenvalue weighted by Gasteiger charge is -2.71. The first-order chi connectivity index (χ1) is 23.5. The number of ether oxygens (including phenoxy) is 4. The third kappa shape index (κ3) is 5.24. The maximum atomic E-state index is 6.59. The number of fused-ring (bicyclic) bond motifs is 1. The van der Waals surface area contributed by atoms with E-state index in [1.165, 1.54) is 75.3 Å². The molecular formula is C44H54O4. The van der Waals surface area contributed by atoms with Gasteiger partial charge in [0.1, 0.15) is 49.4 Å². The van der Waals surface area contributed by atoms with Crippen LogP contribution in [0.2, 0.25) is 0 Å². The molecule has 8 bridgehead atoms. The predicted molar refractivity (Wildman–Crippen MR) is 193 cm³/mol. The van der Waals surface area contributed by atoms with E-state index in [1.54, 1.807) is 0 Å². The van der Waals surface area contributed by atoms with Crippen LogP contribution in [0.3, 0.4) is 0 Å². The average Bonchev–Trinajstić information content (AvgIpc) is 3.08. The Balaban J connectivity index is 1.28. The van der Waals surface area contributed by atoms with Crippen LogP contribution < -0.4 is 18.9 Å². The highest BCUT2D eigenvalue weighted by atomic mass is 16.5. The Hall–Kier alpha value is -3.40. The minimum absolute atomic E-state index is 0.102. The van der Waals surface area contributed by atoms with Crippen LogP contribution >= 0.6 is 0 Å². The van der Waals surface area contributed by atoms with Gasteiger partial charge in [-0.25, -0.2) is 0 Å². The molecule has 48 heavy (non-hydrogen) atoms. The lowest BCUT2D eigenvalue weighted by atomic mass is 9.33. The molecule has 254 valence electrons. The lowest BCUT2D eigenvalue weighted by Crippen LogP contribution is -2.65. The number of hydrogen-bond acceptors (Lipinski definition) is 4. The maximum absolute atomic E-state index is 6.59. The lowest BCUT2D eigenvalue weighted by molar-refractivity contribution is -0.164. The summed E-state index contributed by atoms with van der Waals surface area (Å²) in [5.74, 6) is 9.69. The molecule has 0 heterocycles. The second kappa shape index (κ2) is 12.8. The van der Waals surface area contributed by atoms with E-state index in [1.807, 2.05) is 24.3 Å². The Morgan fingerprint density at radius 3 is 1.21 bits per heavy atom. The Morgan fingerprint density at radius 1 is 0.500 bits per heavy atom. The Bertz CT molecular complexity index is 1410. The normalized spacial score (nSPS) is 36.8. The van der Waals surface area contributed by atoms with Gasteiger partial charge in [-0.3, -0.25) is 0 Å². The summed E-state index contributed by atoms with van der Waals surface area (Å²) in [5, 5.41) is 0. The molecule has 0 amide bonds. The molecule has 2 aromatic carbocycles. The van der Waals surface area contributed by atoms with Gasteiger partial charge in [0.15, 0.2) is 0 Å². The highest BCUT2D eigenvalue weighted by Crippen LogP contribution is 2.74. The summed E-state index contributed by atoms with van der Waals surface area (Å²) in [7, 11) is 0. The van der Waals surface area contributed by atoms with Crippen molar-refractivity contribution in [2.45, 2.75) is 75.0 Å². The Labute approximate surface area is 288 Å². The van der Waals surface area contributed by atoms with Gasteiger partial charge in [0.25, 0.3) is 0 Å². The SMILES string of the molecule is C=CCOc1ccc(C23CC4CC(CC(C4)C2C2C4CC5CC(C4)CC2(c2ccc(OCC=C)cc2OCC=C)C5)C3)c(OCC=C)c1. The second-order valence-electron chi connectivity index (χ2n) is 16.3. The summed E-state index contributed by atoms with van der Waals surface area (Å²) in [6, 6.07) is 13.5. The van der Waals surface area contributed by atoms with E-state index in [9.17, 15) is 0 Å². The fraction of sp³-hybridized carbons (Fsp3) is 0.545. The molecule has 0 spiro atoms. The summed E-state index contributed by atoms with van der Waals surface area (Å²) >= 11 is 0. The summed E-state index contributed by atoms with van der Waals surface area (Å²) in [6.45, 7) is 17.7. The third-order valence-corrected chi connectivity index (χ3v) is 13.6. The molecule has 6 atom stereocenters. The smallest absolute Gasteiger partial charge is 0.127 e. The molecule has 6 unspecified atom stereocenters. The van der Waals surface area contributed by atoms with Crippen molar-refractivity contribution < 1.29 is 18.9 Å². The largest absolute Gasteiger partial charge is 0.489 e. The van der Waals surface area contributed by atoms with Gasteiger partial charge in [-0.1, -0.05) is 62.8 Å². The quantitative estimate of drug-likeness (QED) is 0.181. The van der Waals surface area contributed by atoms with Crippen LogP contribution in [-0.2, 0) is 10.8 Å². The van der Waals surface area contributed by atoms with Gasteiger partial charge >= 0.3 is 0 Å². The van der Waals surface area contributed by atoms with E-state index < -0.39 is 0 Å². The number of rotatable bonds is 15. The molecule has 0 aromatic heterocycles. The molecule has 0 saturated heterocycles. The molecule has 8 aliphatic rings. The molecule has 4 heteroatoms. The zero-order valence-corrected chi connectivity index (χ0v) is 28.8. The third-order valence-electron chi connectivity index (χ3n) is 13.6. The van der Waals surface area contributed by atoms with Crippen molar-refractivity contribution in [3.8, 4) is 23.0 Å². The van der Waals surface area contributed by atoms with Crippen molar-refractivity contribution in [1.29, 1.82) is 0 Å². The Morgan fingerprint density at radius 2 is 0.854 bits per heavy atom. The first kappa shape index (κ1) is 31.8. The van der Waals surface area contributed by atoms with E-state index in [0.29, 0.717) is 38.3 Å². The van der Waals surface area contributed by atoms with Crippen LogP contribution in [0.25, 0.3) is 0 Å². The predicted octanol–water partition coefficient (Wildman–Crippen LogP) is 10.0. The van der Waals surface area contributed by atoms with Gasteiger partial charge in [-0.05, 0) is 124 Å². The number of benzene rings is 2. The van der Waals surface area contributed by atoms with Crippen LogP contribution in [0, 0.1) is 47.3 Å². The van der Waals surface area contributed by atoms with E-state index in [4.69, 9.17) is 18.9 Å². The molecule has 8 saturated carbocycles.